The normalized spacial score (nSPS) is 11.1. The van der Waals surface area contributed by atoms with Gasteiger partial charge in [-0.05, 0) is 80.7 Å². The van der Waals surface area contributed by atoms with Gasteiger partial charge >= 0.3 is 0 Å². The van der Waals surface area contributed by atoms with Crippen LogP contribution < -0.4 is 19.5 Å². The quantitative estimate of drug-likeness (QED) is 0.167. The molecule has 7 heteroatoms. The molecule has 0 aromatic heterocycles. The molecule has 0 unspecified atom stereocenters. The van der Waals surface area contributed by atoms with Crippen LogP contribution in [0.15, 0.2) is 88.9 Å². The van der Waals surface area contributed by atoms with Crippen LogP contribution in [0.25, 0.3) is 16.8 Å². The van der Waals surface area contributed by atoms with E-state index in [0.29, 0.717) is 34.7 Å². The molecular weight excluding hydrogens is 544 g/mol. The fourth-order valence-electron chi connectivity index (χ4n) is 3.98. The van der Waals surface area contributed by atoms with Crippen LogP contribution in [0.2, 0.25) is 0 Å². The molecule has 0 aliphatic carbocycles. The predicted molar refractivity (Wildman–Crippen MR) is 152 cm³/mol. The minimum atomic E-state index is -0.464. The molecule has 1 N–H and O–H groups in total. The number of nitrogens with one attached hydrogen (secondary N) is 1. The van der Waals surface area contributed by atoms with Gasteiger partial charge in [-0.25, -0.2) is 0 Å². The number of fused-ring (bicyclic) bond motifs is 1. The van der Waals surface area contributed by atoms with E-state index in [1.54, 1.807) is 19.2 Å². The van der Waals surface area contributed by atoms with Crippen molar-refractivity contribution < 1.29 is 19.0 Å². The summed E-state index contributed by atoms with van der Waals surface area (Å²) in [4.78, 5) is 12.7. The molecule has 6 nitrogen and oxygen atoms in total. The molecule has 38 heavy (non-hydrogen) atoms. The molecule has 0 heterocycles. The monoisotopic (exact) mass is 570 g/mol. The third-order valence-electron chi connectivity index (χ3n) is 5.87. The van der Waals surface area contributed by atoms with E-state index in [9.17, 15) is 10.1 Å². The first-order chi connectivity index (χ1) is 18.5. The number of benzene rings is 4. The van der Waals surface area contributed by atoms with Gasteiger partial charge in [-0.1, -0.05) is 54.6 Å². The molecule has 0 bridgehead atoms. The van der Waals surface area contributed by atoms with Crippen LogP contribution in [-0.4, -0.2) is 19.6 Å². The van der Waals surface area contributed by atoms with Crippen LogP contribution in [0, 0.1) is 11.3 Å². The number of nitriles is 1. The summed E-state index contributed by atoms with van der Waals surface area (Å²) < 4.78 is 17.9. The van der Waals surface area contributed by atoms with Crippen LogP contribution in [0.3, 0.4) is 0 Å². The number of ether oxygens (including phenoxy) is 3. The Morgan fingerprint density at radius 3 is 2.53 bits per heavy atom. The fourth-order valence-corrected chi connectivity index (χ4v) is 4.55. The Balaban J connectivity index is 1.52. The zero-order valence-corrected chi connectivity index (χ0v) is 22.7. The van der Waals surface area contributed by atoms with Gasteiger partial charge in [-0.3, -0.25) is 4.79 Å². The zero-order chi connectivity index (χ0) is 26.9. The highest BCUT2D eigenvalue weighted by molar-refractivity contribution is 9.10. The Morgan fingerprint density at radius 1 is 1.03 bits per heavy atom. The topological polar surface area (TPSA) is 80.6 Å². The van der Waals surface area contributed by atoms with Crippen molar-refractivity contribution in [1.82, 2.24) is 5.32 Å². The van der Waals surface area contributed by atoms with E-state index in [0.717, 1.165) is 27.6 Å². The SMILES string of the molecule is CCOc1cc(/C=C(/C#N)C(=O)NCc2ccc(OC)cc2)cc(Br)c1OCc1cccc2ccccc12. The molecule has 0 radical (unpaired) electrons. The first kappa shape index (κ1) is 26.8. The van der Waals surface area contributed by atoms with Crippen molar-refractivity contribution in [2.24, 2.45) is 0 Å². The predicted octanol–water partition coefficient (Wildman–Crippen LogP) is 6.81. The summed E-state index contributed by atoms with van der Waals surface area (Å²) in [5.41, 5.74) is 2.57. The maximum atomic E-state index is 12.7. The number of hydrogen-bond donors (Lipinski definition) is 1. The van der Waals surface area contributed by atoms with Crippen molar-refractivity contribution in [3.05, 3.63) is 106 Å². The molecule has 4 aromatic carbocycles. The van der Waals surface area contributed by atoms with Gasteiger partial charge < -0.3 is 19.5 Å². The average Bonchev–Trinajstić information content (AvgIpc) is 2.94. The minimum absolute atomic E-state index is 0.0164. The lowest BCUT2D eigenvalue weighted by atomic mass is 10.1. The molecule has 4 aromatic rings. The van der Waals surface area contributed by atoms with E-state index in [-0.39, 0.29) is 12.1 Å². The average molecular weight is 571 g/mol. The second-order valence-electron chi connectivity index (χ2n) is 8.39. The Morgan fingerprint density at radius 2 is 1.79 bits per heavy atom. The molecule has 4 rings (SSSR count). The smallest absolute Gasteiger partial charge is 0.262 e. The van der Waals surface area contributed by atoms with Gasteiger partial charge in [0.05, 0.1) is 18.2 Å². The number of hydrogen-bond acceptors (Lipinski definition) is 5. The second kappa shape index (κ2) is 12.8. The molecule has 0 saturated carbocycles. The Hall–Kier alpha value is -4.28. The highest BCUT2D eigenvalue weighted by atomic mass is 79.9. The third kappa shape index (κ3) is 6.53. The maximum absolute atomic E-state index is 12.7. The third-order valence-corrected chi connectivity index (χ3v) is 6.46. The number of carbonyl (C=O) groups is 1. The number of carbonyl (C=O) groups excluding carboxylic acids is 1. The van der Waals surface area contributed by atoms with Gasteiger partial charge in [0, 0.05) is 6.54 Å². The first-order valence-corrected chi connectivity index (χ1v) is 12.9. The molecular formula is C31H27BrN2O4. The number of amides is 1. The van der Waals surface area contributed by atoms with Crippen molar-refractivity contribution in [3.63, 3.8) is 0 Å². The van der Waals surface area contributed by atoms with Crippen molar-refractivity contribution >= 4 is 38.7 Å². The van der Waals surface area contributed by atoms with Gasteiger partial charge in [0.1, 0.15) is 24.0 Å². The van der Waals surface area contributed by atoms with Crippen LogP contribution in [0.4, 0.5) is 0 Å². The van der Waals surface area contributed by atoms with Crippen molar-refractivity contribution in [2.75, 3.05) is 13.7 Å². The van der Waals surface area contributed by atoms with E-state index in [4.69, 9.17) is 14.2 Å². The van der Waals surface area contributed by atoms with Crippen LogP contribution in [-0.2, 0) is 17.9 Å². The van der Waals surface area contributed by atoms with Crippen LogP contribution in [0.1, 0.15) is 23.6 Å². The summed E-state index contributed by atoms with van der Waals surface area (Å²) in [5.74, 6) is 1.34. The lowest BCUT2D eigenvalue weighted by molar-refractivity contribution is -0.117. The lowest BCUT2D eigenvalue weighted by Crippen LogP contribution is -2.23. The number of rotatable bonds is 10. The van der Waals surface area contributed by atoms with Crippen molar-refractivity contribution in [2.45, 2.75) is 20.1 Å². The minimum Gasteiger partial charge on any atom is -0.497 e. The summed E-state index contributed by atoms with van der Waals surface area (Å²) in [6.45, 7) is 2.96. The molecule has 0 aliphatic rings. The van der Waals surface area contributed by atoms with Gasteiger partial charge in [-0.2, -0.15) is 5.26 Å². The maximum Gasteiger partial charge on any atom is 0.262 e. The van der Waals surface area contributed by atoms with Crippen molar-refractivity contribution in [1.29, 1.82) is 5.26 Å². The number of halogens is 1. The zero-order valence-electron chi connectivity index (χ0n) is 21.2. The van der Waals surface area contributed by atoms with Crippen LogP contribution >= 0.6 is 15.9 Å². The molecule has 0 fully saturated rings. The van der Waals surface area contributed by atoms with Crippen molar-refractivity contribution in [3.8, 4) is 23.3 Å². The van der Waals surface area contributed by atoms with E-state index in [2.05, 4.69) is 39.4 Å². The Labute approximate surface area is 230 Å². The summed E-state index contributed by atoms with van der Waals surface area (Å²) in [5, 5.41) is 14.7. The van der Waals surface area contributed by atoms with E-state index < -0.39 is 5.91 Å². The summed E-state index contributed by atoms with van der Waals surface area (Å²) in [6.07, 6.45) is 1.53. The van der Waals surface area contributed by atoms with E-state index >= 15 is 0 Å². The van der Waals surface area contributed by atoms with E-state index in [1.807, 2.05) is 61.5 Å². The summed E-state index contributed by atoms with van der Waals surface area (Å²) >= 11 is 3.59. The van der Waals surface area contributed by atoms with Gasteiger partial charge in [-0.15, -0.1) is 0 Å². The summed E-state index contributed by atoms with van der Waals surface area (Å²) in [6, 6.07) is 27.2. The number of methoxy groups -OCH3 is 1. The largest absolute Gasteiger partial charge is 0.497 e. The van der Waals surface area contributed by atoms with Gasteiger partial charge in [0.15, 0.2) is 11.5 Å². The highest BCUT2D eigenvalue weighted by Crippen LogP contribution is 2.38. The molecule has 0 atom stereocenters. The molecule has 0 saturated heterocycles. The molecule has 0 spiro atoms. The molecule has 1 amide bonds. The number of nitrogens with zero attached hydrogens (tertiary/aromatic N) is 1. The molecule has 0 aliphatic heterocycles. The van der Waals surface area contributed by atoms with Crippen LogP contribution in [0.5, 0.6) is 17.2 Å². The van der Waals surface area contributed by atoms with E-state index in [1.165, 1.54) is 6.08 Å². The van der Waals surface area contributed by atoms with Gasteiger partial charge in [0.2, 0.25) is 0 Å². The fraction of sp³-hybridized carbons (Fsp3) is 0.161. The lowest BCUT2D eigenvalue weighted by Gasteiger charge is -2.16. The molecule has 192 valence electrons. The standard InChI is InChI=1S/C31H27BrN2O4/c1-3-37-29-17-22(15-25(18-33)31(35)34-19-21-11-13-26(36-2)14-12-21)16-28(32)30(29)38-20-24-9-6-8-23-7-4-5-10-27(23)24/h4-17H,3,19-20H2,1-2H3,(H,34,35)/b25-15-. The second-order valence-corrected chi connectivity index (χ2v) is 9.24. The highest BCUT2D eigenvalue weighted by Gasteiger charge is 2.15. The van der Waals surface area contributed by atoms with Gasteiger partial charge in [0.25, 0.3) is 5.91 Å². The Bertz CT molecular complexity index is 1500. The first-order valence-electron chi connectivity index (χ1n) is 12.1. The summed E-state index contributed by atoms with van der Waals surface area (Å²) in [7, 11) is 1.60. The Kier molecular flexibility index (Phi) is 9.02.